The van der Waals surface area contributed by atoms with E-state index >= 15 is 0 Å². The molecule has 1 saturated heterocycles. The van der Waals surface area contributed by atoms with Crippen LogP contribution < -0.4 is 10.1 Å². The van der Waals surface area contributed by atoms with Gasteiger partial charge in [0.15, 0.2) is 6.10 Å². The van der Waals surface area contributed by atoms with Crippen LogP contribution in [0.5, 0.6) is 5.88 Å². The van der Waals surface area contributed by atoms with Crippen LogP contribution in [0.25, 0.3) is 10.9 Å². The molecule has 2 amide bonds. The van der Waals surface area contributed by atoms with Crippen molar-refractivity contribution in [2.24, 2.45) is 0 Å². The van der Waals surface area contributed by atoms with Crippen LogP contribution in [-0.2, 0) is 9.59 Å². The molecule has 3 rings (SSSR count). The number of hydrogen-bond acceptors (Lipinski definition) is 4. The minimum atomic E-state index is -0.647. The highest BCUT2D eigenvalue weighted by Gasteiger charge is 2.28. The molecule has 5 nitrogen and oxygen atoms in total. The standard InChI is InChI=1S/C14H12N2O3/c17-12-7-6-11(14(18)16-12)19-13-8-5-9-3-1-2-4-10(9)15-13/h1-5,8,11H,6-7H2,(H,16,17,18). The third kappa shape index (κ3) is 2.40. The number of carbonyl (C=O) groups is 2. The molecule has 96 valence electrons. The monoisotopic (exact) mass is 256 g/mol. The Hall–Kier alpha value is -2.43. The molecule has 1 aromatic carbocycles. The Morgan fingerprint density at radius 3 is 2.84 bits per heavy atom. The Morgan fingerprint density at radius 2 is 2.00 bits per heavy atom. The van der Waals surface area contributed by atoms with Gasteiger partial charge in [-0.05, 0) is 12.1 Å². The lowest BCUT2D eigenvalue weighted by atomic mass is 10.1. The molecule has 0 aliphatic carbocycles. The number of para-hydroxylation sites is 1. The second kappa shape index (κ2) is 4.68. The third-order valence-corrected chi connectivity index (χ3v) is 3.02. The van der Waals surface area contributed by atoms with Crippen LogP contribution in [0.1, 0.15) is 12.8 Å². The van der Waals surface area contributed by atoms with Crippen molar-refractivity contribution in [3.05, 3.63) is 36.4 Å². The number of nitrogens with zero attached hydrogens (tertiary/aromatic N) is 1. The van der Waals surface area contributed by atoms with Crippen LogP contribution in [0.15, 0.2) is 36.4 Å². The molecule has 1 aliphatic heterocycles. The molecule has 1 fully saturated rings. The molecule has 5 heteroatoms. The van der Waals surface area contributed by atoms with Crippen molar-refractivity contribution in [1.82, 2.24) is 10.3 Å². The summed E-state index contributed by atoms with van der Waals surface area (Å²) < 4.78 is 5.55. The molecule has 1 N–H and O–H groups in total. The van der Waals surface area contributed by atoms with Gasteiger partial charge < -0.3 is 4.74 Å². The molecule has 0 spiro atoms. The van der Waals surface area contributed by atoms with Crippen LogP contribution in [-0.4, -0.2) is 22.9 Å². The zero-order valence-corrected chi connectivity index (χ0v) is 10.1. The van der Waals surface area contributed by atoms with Crippen molar-refractivity contribution < 1.29 is 14.3 Å². The molecule has 0 radical (unpaired) electrons. The number of ether oxygens (including phenoxy) is 1. The molecule has 1 atom stereocenters. The summed E-state index contributed by atoms with van der Waals surface area (Å²) in [6.45, 7) is 0. The van der Waals surface area contributed by atoms with Gasteiger partial charge in [-0.25, -0.2) is 4.98 Å². The van der Waals surface area contributed by atoms with Crippen molar-refractivity contribution >= 4 is 22.7 Å². The van der Waals surface area contributed by atoms with Gasteiger partial charge in [-0.2, -0.15) is 0 Å². The van der Waals surface area contributed by atoms with Crippen molar-refractivity contribution in [1.29, 1.82) is 0 Å². The number of nitrogens with one attached hydrogen (secondary N) is 1. The first-order valence-electron chi connectivity index (χ1n) is 6.08. The van der Waals surface area contributed by atoms with Crippen molar-refractivity contribution in [3.63, 3.8) is 0 Å². The van der Waals surface area contributed by atoms with Gasteiger partial charge in [0.2, 0.25) is 11.8 Å². The molecule has 0 bridgehead atoms. The van der Waals surface area contributed by atoms with E-state index in [-0.39, 0.29) is 5.91 Å². The fourth-order valence-electron chi connectivity index (χ4n) is 2.04. The fraction of sp³-hybridized carbons (Fsp3) is 0.214. The van der Waals surface area contributed by atoms with E-state index < -0.39 is 12.0 Å². The number of carbonyl (C=O) groups excluding carboxylic acids is 2. The van der Waals surface area contributed by atoms with Crippen LogP contribution in [0.3, 0.4) is 0 Å². The van der Waals surface area contributed by atoms with Crippen LogP contribution in [0.2, 0.25) is 0 Å². The highest BCUT2D eigenvalue weighted by Crippen LogP contribution is 2.19. The number of benzene rings is 1. The van der Waals surface area contributed by atoms with E-state index in [9.17, 15) is 9.59 Å². The van der Waals surface area contributed by atoms with Gasteiger partial charge in [-0.3, -0.25) is 14.9 Å². The minimum Gasteiger partial charge on any atom is -0.464 e. The van der Waals surface area contributed by atoms with Gasteiger partial charge in [0.05, 0.1) is 5.52 Å². The SMILES string of the molecule is O=C1CCC(Oc2ccc3ccccc3n2)C(=O)N1. The smallest absolute Gasteiger partial charge is 0.267 e. The first-order chi connectivity index (χ1) is 9.22. The molecule has 1 aliphatic rings. The molecule has 1 unspecified atom stereocenters. The third-order valence-electron chi connectivity index (χ3n) is 3.02. The molecule has 2 heterocycles. The number of pyridine rings is 1. The number of rotatable bonds is 2. The number of piperidine rings is 1. The fourth-order valence-corrected chi connectivity index (χ4v) is 2.04. The Kier molecular flexibility index (Phi) is 2.87. The summed E-state index contributed by atoms with van der Waals surface area (Å²) in [4.78, 5) is 27.0. The minimum absolute atomic E-state index is 0.253. The van der Waals surface area contributed by atoms with E-state index in [2.05, 4.69) is 10.3 Å². The summed E-state index contributed by atoms with van der Waals surface area (Å²) in [5.41, 5.74) is 0.812. The highest BCUT2D eigenvalue weighted by atomic mass is 16.5. The second-order valence-corrected chi connectivity index (χ2v) is 4.40. The van der Waals surface area contributed by atoms with Crippen LogP contribution in [0.4, 0.5) is 0 Å². The summed E-state index contributed by atoms with van der Waals surface area (Å²) in [5, 5.41) is 3.27. The van der Waals surface area contributed by atoms with E-state index in [4.69, 9.17) is 4.74 Å². The maximum Gasteiger partial charge on any atom is 0.267 e. The Morgan fingerprint density at radius 1 is 1.16 bits per heavy atom. The topological polar surface area (TPSA) is 68.3 Å². The predicted octanol–water partition coefficient (Wildman–Crippen LogP) is 1.42. The summed E-state index contributed by atoms with van der Waals surface area (Å²) >= 11 is 0. The van der Waals surface area contributed by atoms with E-state index in [1.54, 1.807) is 6.07 Å². The average molecular weight is 256 g/mol. The lowest BCUT2D eigenvalue weighted by Crippen LogP contribution is -2.46. The van der Waals surface area contributed by atoms with E-state index in [1.165, 1.54) is 0 Å². The summed E-state index contributed by atoms with van der Waals surface area (Å²) in [6, 6.07) is 11.3. The van der Waals surface area contributed by atoms with E-state index in [0.29, 0.717) is 18.7 Å². The van der Waals surface area contributed by atoms with Gasteiger partial charge in [0.1, 0.15) is 0 Å². The highest BCUT2D eigenvalue weighted by molar-refractivity contribution is 5.99. The van der Waals surface area contributed by atoms with Gasteiger partial charge in [0.25, 0.3) is 5.91 Å². The van der Waals surface area contributed by atoms with Gasteiger partial charge in [-0.15, -0.1) is 0 Å². The maximum absolute atomic E-state index is 11.6. The Labute approximate surface area is 109 Å². The van der Waals surface area contributed by atoms with Crippen molar-refractivity contribution in [2.75, 3.05) is 0 Å². The summed E-state index contributed by atoms with van der Waals surface area (Å²) in [5.74, 6) is -0.254. The largest absolute Gasteiger partial charge is 0.464 e. The number of amides is 2. The van der Waals surface area contributed by atoms with E-state index in [1.807, 2.05) is 30.3 Å². The Bertz CT molecular complexity index is 654. The number of fused-ring (bicyclic) bond motifs is 1. The maximum atomic E-state index is 11.6. The first kappa shape index (κ1) is 11.6. The average Bonchev–Trinajstić information content (AvgIpc) is 2.42. The Balaban J connectivity index is 1.81. The van der Waals surface area contributed by atoms with Crippen molar-refractivity contribution in [2.45, 2.75) is 18.9 Å². The lowest BCUT2D eigenvalue weighted by Gasteiger charge is -2.21. The summed E-state index contributed by atoms with van der Waals surface area (Å²) in [7, 11) is 0. The number of imide groups is 1. The van der Waals surface area contributed by atoms with Gasteiger partial charge in [-0.1, -0.05) is 18.2 Å². The zero-order valence-electron chi connectivity index (χ0n) is 10.1. The normalized spacial score (nSPS) is 19.3. The number of hydrogen-bond donors (Lipinski definition) is 1. The molecular formula is C14H12N2O3. The first-order valence-corrected chi connectivity index (χ1v) is 6.08. The quantitative estimate of drug-likeness (QED) is 0.825. The van der Waals surface area contributed by atoms with E-state index in [0.717, 1.165) is 10.9 Å². The molecule has 1 aromatic heterocycles. The van der Waals surface area contributed by atoms with Gasteiger partial charge in [0, 0.05) is 24.3 Å². The molecule has 19 heavy (non-hydrogen) atoms. The molecular weight excluding hydrogens is 244 g/mol. The van der Waals surface area contributed by atoms with Crippen molar-refractivity contribution in [3.8, 4) is 5.88 Å². The molecule has 0 saturated carbocycles. The second-order valence-electron chi connectivity index (χ2n) is 4.40. The van der Waals surface area contributed by atoms with Crippen LogP contribution in [0, 0.1) is 0 Å². The van der Waals surface area contributed by atoms with Crippen LogP contribution >= 0.6 is 0 Å². The number of aromatic nitrogens is 1. The predicted molar refractivity (Wildman–Crippen MR) is 68.5 cm³/mol. The lowest BCUT2D eigenvalue weighted by molar-refractivity contribution is -0.139. The zero-order chi connectivity index (χ0) is 13.2. The molecule has 2 aromatic rings. The van der Waals surface area contributed by atoms with Gasteiger partial charge >= 0.3 is 0 Å². The summed E-state index contributed by atoms with van der Waals surface area (Å²) in [6.07, 6.45) is 0.0368.